The highest BCUT2D eigenvalue weighted by Gasteiger charge is 2.54. The zero-order valence-corrected chi connectivity index (χ0v) is 27.1. The number of Topliss-reactive ketones (excluding diaryl/α,β-unsaturated/α-hetero) is 1. The number of benzene rings is 1. The Morgan fingerprint density at radius 1 is 1.11 bits per heavy atom. The molecule has 1 N–H and O–H groups in total. The van der Waals surface area contributed by atoms with Crippen molar-refractivity contribution < 1.29 is 28.6 Å². The molecule has 12 heteroatoms. The molecule has 244 valence electrons. The van der Waals surface area contributed by atoms with E-state index in [-0.39, 0.29) is 36.2 Å². The minimum absolute atomic E-state index is 0.0124. The molecule has 0 bridgehead atoms. The number of amides is 2. The maximum atomic E-state index is 14.1. The SMILES string of the molecule is CCO[C@H]1CN(C(=O)[C@@H](NC(=O)c2ccc(-c3csc(N4CCN(CCOC)CC4)n3)cc2)C2CCCCC2)[C@@H]2C(=O)CO[C@@H]12. The molecule has 4 heterocycles. The molecule has 4 atom stereocenters. The van der Waals surface area contributed by atoms with Crippen LogP contribution in [-0.2, 0) is 23.8 Å². The summed E-state index contributed by atoms with van der Waals surface area (Å²) in [7, 11) is 1.74. The molecule has 4 fully saturated rings. The minimum Gasteiger partial charge on any atom is -0.383 e. The molecule has 2 aromatic rings. The molecule has 2 amide bonds. The van der Waals surface area contributed by atoms with Gasteiger partial charge in [0.1, 0.15) is 30.9 Å². The summed E-state index contributed by atoms with van der Waals surface area (Å²) in [6.45, 7) is 8.19. The predicted molar refractivity (Wildman–Crippen MR) is 172 cm³/mol. The molecule has 4 aliphatic rings. The van der Waals surface area contributed by atoms with Crippen molar-refractivity contribution >= 4 is 34.1 Å². The van der Waals surface area contributed by atoms with E-state index in [4.69, 9.17) is 19.2 Å². The Balaban J connectivity index is 1.12. The third-order valence-corrected chi connectivity index (χ3v) is 10.6. The van der Waals surface area contributed by atoms with Crippen LogP contribution in [0.2, 0.25) is 0 Å². The molecule has 1 saturated carbocycles. The molecule has 1 aliphatic carbocycles. The summed E-state index contributed by atoms with van der Waals surface area (Å²) in [5.41, 5.74) is 2.31. The van der Waals surface area contributed by atoms with Crippen molar-refractivity contribution in [1.82, 2.24) is 20.1 Å². The number of anilines is 1. The Bertz CT molecular complexity index is 1320. The van der Waals surface area contributed by atoms with E-state index in [1.807, 2.05) is 19.1 Å². The number of ketones is 1. The summed E-state index contributed by atoms with van der Waals surface area (Å²) in [6, 6.07) is 6.07. The molecule has 1 aromatic carbocycles. The minimum atomic E-state index is -0.706. The van der Waals surface area contributed by atoms with Crippen LogP contribution >= 0.6 is 11.3 Å². The van der Waals surface area contributed by atoms with E-state index in [1.54, 1.807) is 35.5 Å². The third-order valence-electron chi connectivity index (χ3n) is 9.67. The van der Waals surface area contributed by atoms with Crippen LogP contribution in [0, 0.1) is 5.92 Å². The van der Waals surface area contributed by atoms with E-state index in [2.05, 4.69) is 20.5 Å². The molecule has 45 heavy (non-hydrogen) atoms. The van der Waals surface area contributed by atoms with Crippen molar-refractivity contribution in [3.05, 3.63) is 35.2 Å². The van der Waals surface area contributed by atoms with Crippen LogP contribution in [0.5, 0.6) is 0 Å². The van der Waals surface area contributed by atoms with Gasteiger partial charge in [-0.1, -0.05) is 31.4 Å². The number of thiazole rings is 1. The molecule has 3 saturated heterocycles. The first-order valence-electron chi connectivity index (χ1n) is 16.4. The zero-order valence-electron chi connectivity index (χ0n) is 26.3. The normalized spacial score (nSPS) is 25.0. The summed E-state index contributed by atoms with van der Waals surface area (Å²) < 4.78 is 16.8. The second kappa shape index (κ2) is 14.7. The van der Waals surface area contributed by atoms with E-state index in [0.717, 1.165) is 87.8 Å². The zero-order chi connectivity index (χ0) is 31.3. The molecule has 0 unspecified atom stereocenters. The number of carbonyl (C=O) groups excluding carboxylic acids is 3. The smallest absolute Gasteiger partial charge is 0.251 e. The van der Waals surface area contributed by atoms with Gasteiger partial charge in [-0.25, -0.2) is 4.98 Å². The van der Waals surface area contributed by atoms with Gasteiger partial charge in [0.2, 0.25) is 5.91 Å². The molecular weight excluding hydrogens is 594 g/mol. The number of likely N-dealkylation sites (tertiary alicyclic amines) is 1. The second-order valence-corrected chi connectivity index (χ2v) is 13.3. The topological polar surface area (TPSA) is 114 Å². The number of fused-ring (bicyclic) bond motifs is 1. The maximum Gasteiger partial charge on any atom is 0.251 e. The van der Waals surface area contributed by atoms with Crippen LogP contribution in [0.25, 0.3) is 11.3 Å². The van der Waals surface area contributed by atoms with E-state index in [0.29, 0.717) is 18.7 Å². The summed E-state index contributed by atoms with van der Waals surface area (Å²) >= 11 is 1.64. The van der Waals surface area contributed by atoms with Gasteiger partial charge in [0.15, 0.2) is 10.9 Å². The van der Waals surface area contributed by atoms with E-state index >= 15 is 0 Å². The second-order valence-electron chi connectivity index (χ2n) is 12.4. The van der Waals surface area contributed by atoms with Crippen LogP contribution in [0.3, 0.4) is 0 Å². The summed E-state index contributed by atoms with van der Waals surface area (Å²) in [6.07, 6.45) is 4.11. The quantitative estimate of drug-likeness (QED) is 0.397. The first-order chi connectivity index (χ1) is 22.0. The Morgan fingerprint density at radius 3 is 2.58 bits per heavy atom. The highest BCUT2D eigenvalue weighted by atomic mass is 32.1. The number of methoxy groups -OCH3 is 1. The number of hydrogen-bond acceptors (Lipinski definition) is 10. The fourth-order valence-corrected chi connectivity index (χ4v) is 8.06. The van der Waals surface area contributed by atoms with Crippen LogP contribution in [0.4, 0.5) is 5.13 Å². The number of nitrogens with zero attached hydrogens (tertiary/aromatic N) is 4. The molecule has 1 aromatic heterocycles. The van der Waals surface area contributed by atoms with E-state index < -0.39 is 18.2 Å². The van der Waals surface area contributed by atoms with Gasteiger partial charge in [-0.05, 0) is 37.8 Å². The number of ether oxygens (including phenoxy) is 3. The van der Waals surface area contributed by atoms with Crippen molar-refractivity contribution in [1.29, 1.82) is 0 Å². The molecule has 0 radical (unpaired) electrons. The van der Waals surface area contributed by atoms with Crippen LogP contribution in [0.15, 0.2) is 29.6 Å². The summed E-state index contributed by atoms with van der Waals surface area (Å²) in [5, 5.41) is 6.16. The maximum absolute atomic E-state index is 14.1. The molecule has 6 rings (SSSR count). The van der Waals surface area contributed by atoms with Gasteiger partial charge in [0, 0.05) is 62.9 Å². The van der Waals surface area contributed by atoms with Crippen molar-refractivity contribution in [3.63, 3.8) is 0 Å². The fourth-order valence-electron chi connectivity index (χ4n) is 7.17. The molecule has 0 spiro atoms. The van der Waals surface area contributed by atoms with Gasteiger partial charge in [0.05, 0.1) is 18.8 Å². The van der Waals surface area contributed by atoms with Crippen molar-refractivity contribution in [2.75, 3.05) is 71.1 Å². The Kier molecular flexibility index (Phi) is 10.5. The van der Waals surface area contributed by atoms with E-state index in [9.17, 15) is 14.4 Å². The monoisotopic (exact) mass is 639 g/mol. The number of nitrogens with one attached hydrogen (secondary N) is 1. The fraction of sp³-hybridized carbons (Fsp3) is 0.636. The van der Waals surface area contributed by atoms with Gasteiger partial charge in [-0.3, -0.25) is 19.3 Å². The lowest BCUT2D eigenvalue weighted by Gasteiger charge is -2.34. The first kappa shape index (κ1) is 32.1. The van der Waals surface area contributed by atoms with Gasteiger partial charge < -0.3 is 29.3 Å². The number of rotatable bonds is 11. The highest BCUT2D eigenvalue weighted by molar-refractivity contribution is 7.14. The van der Waals surface area contributed by atoms with Gasteiger partial charge >= 0.3 is 0 Å². The Morgan fingerprint density at radius 2 is 1.87 bits per heavy atom. The number of hydrogen-bond donors (Lipinski definition) is 1. The lowest BCUT2D eigenvalue weighted by molar-refractivity contribution is -0.139. The Labute approximate surface area is 269 Å². The van der Waals surface area contributed by atoms with Crippen molar-refractivity contribution in [2.45, 2.75) is 63.3 Å². The lowest BCUT2D eigenvalue weighted by Crippen LogP contribution is -2.55. The number of piperazine rings is 1. The lowest BCUT2D eigenvalue weighted by atomic mass is 9.83. The molecule has 11 nitrogen and oxygen atoms in total. The van der Waals surface area contributed by atoms with Crippen LogP contribution in [-0.4, -0.2) is 123 Å². The highest BCUT2D eigenvalue weighted by Crippen LogP contribution is 2.34. The number of aromatic nitrogens is 1. The van der Waals surface area contributed by atoms with Crippen molar-refractivity contribution in [2.24, 2.45) is 5.92 Å². The average Bonchev–Trinajstić information content (AvgIpc) is 3.81. The summed E-state index contributed by atoms with van der Waals surface area (Å²) in [5.74, 6) is -0.583. The van der Waals surface area contributed by atoms with Gasteiger partial charge in [0.25, 0.3) is 5.91 Å². The first-order valence-corrected chi connectivity index (χ1v) is 17.2. The summed E-state index contributed by atoms with van der Waals surface area (Å²) in [4.78, 5) is 51.7. The standard InChI is InChI=1S/C33H45N5O6S/c1-3-43-27-19-38(29-26(39)20-44-30(27)29)32(41)28(23-7-5-4-6-8-23)35-31(40)24-11-9-22(10-12-24)25-21-45-33(34-25)37-15-13-36(14-16-37)17-18-42-2/h9-12,21,23,27-30H,3-8,13-20H2,1-2H3,(H,35,40)/t27-,28-,29+,30-/m0/s1. The van der Waals surface area contributed by atoms with Crippen molar-refractivity contribution in [3.8, 4) is 11.3 Å². The predicted octanol–water partition coefficient (Wildman–Crippen LogP) is 2.84. The van der Waals surface area contributed by atoms with E-state index in [1.165, 1.54) is 0 Å². The van der Waals surface area contributed by atoms with Crippen LogP contribution < -0.4 is 10.2 Å². The van der Waals surface area contributed by atoms with Gasteiger partial charge in [-0.15, -0.1) is 11.3 Å². The third kappa shape index (κ3) is 7.10. The average molecular weight is 640 g/mol. The Hall–Kier alpha value is -2.90. The number of carbonyl (C=O) groups is 3. The van der Waals surface area contributed by atoms with Crippen LogP contribution in [0.1, 0.15) is 49.4 Å². The van der Waals surface area contributed by atoms with Gasteiger partial charge in [-0.2, -0.15) is 0 Å². The largest absolute Gasteiger partial charge is 0.383 e. The molecule has 3 aliphatic heterocycles. The molecular formula is C33H45N5O6S.